The van der Waals surface area contributed by atoms with Gasteiger partial charge in [0.25, 0.3) is 0 Å². The Morgan fingerprint density at radius 1 is 1.17 bits per heavy atom. The van der Waals surface area contributed by atoms with Crippen LogP contribution in [0.25, 0.3) is 0 Å². The third-order valence-corrected chi connectivity index (χ3v) is 3.96. The molecule has 0 amide bonds. The molecule has 1 aliphatic rings. The van der Waals surface area contributed by atoms with Crippen LogP contribution in [0.2, 0.25) is 0 Å². The fraction of sp³-hybridized carbons (Fsp3) is 1.00. The third kappa shape index (κ3) is 5.68. The summed E-state index contributed by atoms with van der Waals surface area (Å²) < 4.78 is 5.44. The molecule has 18 heavy (non-hydrogen) atoms. The molecule has 108 valence electrons. The van der Waals surface area contributed by atoms with Crippen LogP contribution in [-0.2, 0) is 4.74 Å². The molecular formula is C15H32N2O. The molecule has 0 bridgehead atoms. The molecule has 1 rings (SSSR count). The highest BCUT2D eigenvalue weighted by atomic mass is 16.5. The van der Waals surface area contributed by atoms with E-state index in [4.69, 9.17) is 4.74 Å². The van der Waals surface area contributed by atoms with Crippen LogP contribution in [0, 0.1) is 11.8 Å². The van der Waals surface area contributed by atoms with Gasteiger partial charge in [-0.1, -0.05) is 27.7 Å². The standard InChI is InChI=1S/C15H32N2O/c1-12(2)15(10-16-13(3)4)17(5)11-14-6-8-18-9-7-14/h12-16H,6-11H2,1-5H3. The van der Waals surface area contributed by atoms with Crippen LogP contribution in [0.5, 0.6) is 0 Å². The van der Waals surface area contributed by atoms with Crippen molar-refractivity contribution >= 4 is 0 Å². The number of nitrogens with zero attached hydrogens (tertiary/aromatic N) is 1. The van der Waals surface area contributed by atoms with Gasteiger partial charge in [-0.3, -0.25) is 0 Å². The van der Waals surface area contributed by atoms with Crippen molar-refractivity contribution in [1.29, 1.82) is 0 Å². The number of ether oxygens (including phenoxy) is 1. The molecule has 0 aromatic rings. The summed E-state index contributed by atoms with van der Waals surface area (Å²) in [5, 5.41) is 3.58. The Labute approximate surface area is 113 Å². The molecule has 1 N–H and O–H groups in total. The highest BCUT2D eigenvalue weighted by molar-refractivity contribution is 4.78. The first-order valence-corrected chi connectivity index (χ1v) is 7.52. The van der Waals surface area contributed by atoms with Crippen LogP contribution in [0.3, 0.4) is 0 Å². The van der Waals surface area contributed by atoms with E-state index in [0.29, 0.717) is 18.0 Å². The molecule has 1 fully saturated rings. The van der Waals surface area contributed by atoms with Gasteiger partial charge >= 0.3 is 0 Å². The maximum atomic E-state index is 5.44. The van der Waals surface area contributed by atoms with E-state index in [2.05, 4.69) is 45.0 Å². The molecule has 3 nitrogen and oxygen atoms in total. The van der Waals surface area contributed by atoms with Crippen LogP contribution < -0.4 is 5.32 Å². The van der Waals surface area contributed by atoms with Crippen molar-refractivity contribution in [2.45, 2.75) is 52.6 Å². The normalized spacial score (nSPS) is 20.0. The molecular weight excluding hydrogens is 224 g/mol. The minimum atomic E-state index is 0.572. The van der Waals surface area contributed by atoms with Gasteiger partial charge in [0.15, 0.2) is 0 Å². The predicted octanol–water partition coefficient (Wildman–Crippen LogP) is 2.37. The Balaban J connectivity index is 2.39. The lowest BCUT2D eigenvalue weighted by Crippen LogP contribution is -2.47. The van der Waals surface area contributed by atoms with Gasteiger partial charge in [0.05, 0.1) is 0 Å². The summed E-state index contributed by atoms with van der Waals surface area (Å²) in [5.41, 5.74) is 0. The first-order chi connectivity index (χ1) is 8.50. The zero-order valence-corrected chi connectivity index (χ0v) is 12.9. The van der Waals surface area contributed by atoms with E-state index in [1.54, 1.807) is 0 Å². The topological polar surface area (TPSA) is 24.5 Å². The Hall–Kier alpha value is -0.120. The number of hydrogen-bond donors (Lipinski definition) is 1. The molecule has 0 radical (unpaired) electrons. The molecule has 3 heteroatoms. The van der Waals surface area contributed by atoms with E-state index in [-0.39, 0.29) is 0 Å². The first-order valence-electron chi connectivity index (χ1n) is 7.52. The molecule has 1 unspecified atom stereocenters. The summed E-state index contributed by atoms with van der Waals surface area (Å²) in [6.07, 6.45) is 2.46. The fourth-order valence-electron chi connectivity index (χ4n) is 2.73. The van der Waals surface area contributed by atoms with Gasteiger partial charge < -0.3 is 15.0 Å². The molecule has 1 heterocycles. The highest BCUT2D eigenvalue weighted by Gasteiger charge is 2.22. The number of rotatable bonds is 7. The second kappa shape index (κ2) is 8.13. The number of hydrogen-bond acceptors (Lipinski definition) is 3. The van der Waals surface area contributed by atoms with E-state index in [0.717, 1.165) is 25.7 Å². The molecule has 0 aliphatic carbocycles. The SMILES string of the molecule is CC(C)NCC(C(C)C)N(C)CC1CCOCC1. The third-order valence-electron chi connectivity index (χ3n) is 3.96. The monoisotopic (exact) mass is 256 g/mol. The minimum Gasteiger partial charge on any atom is -0.381 e. The van der Waals surface area contributed by atoms with Crippen molar-refractivity contribution in [3.05, 3.63) is 0 Å². The van der Waals surface area contributed by atoms with Crippen molar-refractivity contribution in [2.75, 3.05) is 33.4 Å². The lowest BCUT2D eigenvalue weighted by molar-refractivity contribution is 0.0464. The summed E-state index contributed by atoms with van der Waals surface area (Å²) in [6, 6.07) is 1.21. The second-order valence-corrected chi connectivity index (χ2v) is 6.37. The second-order valence-electron chi connectivity index (χ2n) is 6.37. The molecule has 0 aromatic carbocycles. The van der Waals surface area contributed by atoms with Crippen molar-refractivity contribution in [1.82, 2.24) is 10.2 Å². The Morgan fingerprint density at radius 3 is 2.28 bits per heavy atom. The van der Waals surface area contributed by atoms with E-state index in [9.17, 15) is 0 Å². The zero-order valence-electron chi connectivity index (χ0n) is 12.9. The fourth-order valence-corrected chi connectivity index (χ4v) is 2.73. The van der Waals surface area contributed by atoms with Crippen molar-refractivity contribution < 1.29 is 4.74 Å². The summed E-state index contributed by atoms with van der Waals surface area (Å²) in [5.74, 6) is 1.52. The average Bonchev–Trinajstić information content (AvgIpc) is 2.29. The van der Waals surface area contributed by atoms with Gasteiger partial charge in [-0.25, -0.2) is 0 Å². The lowest BCUT2D eigenvalue weighted by Gasteiger charge is -2.35. The zero-order chi connectivity index (χ0) is 13.5. The average molecular weight is 256 g/mol. The highest BCUT2D eigenvalue weighted by Crippen LogP contribution is 2.18. The summed E-state index contributed by atoms with van der Waals surface area (Å²) in [7, 11) is 2.28. The van der Waals surface area contributed by atoms with Gasteiger partial charge in [0.1, 0.15) is 0 Å². The quantitative estimate of drug-likeness (QED) is 0.757. The van der Waals surface area contributed by atoms with Crippen molar-refractivity contribution in [3.63, 3.8) is 0 Å². The number of nitrogens with one attached hydrogen (secondary N) is 1. The number of likely N-dealkylation sites (N-methyl/N-ethyl adjacent to an activating group) is 1. The van der Waals surface area contributed by atoms with Crippen molar-refractivity contribution in [3.8, 4) is 0 Å². The van der Waals surface area contributed by atoms with Gasteiger partial charge in [-0.2, -0.15) is 0 Å². The molecule has 1 aliphatic heterocycles. The predicted molar refractivity (Wildman–Crippen MR) is 77.9 cm³/mol. The summed E-state index contributed by atoms with van der Waals surface area (Å²) >= 11 is 0. The Bertz CT molecular complexity index is 213. The lowest BCUT2D eigenvalue weighted by atomic mass is 9.96. The summed E-state index contributed by atoms with van der Waals surface area (Å²) in [6.45, 7) is 13.3. The maximum absolute atomic E-state index is 5.44. The largest absolute Gasteiger partial charge is 0.381 e. The van der Waals surface area contributed by atoms with Gasteiger partial charge in [0.2, 0.25) is 0 Å². The van der Waals surface area contributed by atoms with Crippen LogP contribution in [0.1, 0.15) is 40.5 Å². The molecule has 1 saturated heterocycles. The summed E-state index contributed by atoms with van der Waals surface area (Å²) in [4.78, 5) is 2.55. The van der Waals surface area contributed by atoms with Gasteiger partial charge in [-0.05, 0) is 31.7 Å². The smallest absolute Gasteiger partial charge is 0.0469 e. The molecule has 1 atom stereocenters. The molecule has 0 aromatic heterocycles. The van der Waals surface area contributed by atoms with Crippen molar-refractivity contribution in [2.24, 2.45) is 11.8 Å². The van der Waals surface area contributed by atoms with Crippen LogP contribution in [0.15, 0.2) is 0 Å². The molecule has 0 spiro atoms. The van der Waals surface area contributed by atoms with E-state index in [1.165, 1.54) is 19.4 Å². The van der Waals surface area contributed by atoms with E-state index >= 15 is 0 Å². The van der Waals surface area contributed by atoms with Crippen LogP contribution in [0.4, 0.5) is 0 Å². The van der Waals surface area contributed by atoms with Crippen LogP contribution >= 0.6 is 0 Å². The van der Waals surface area contributed by atoms with Gasteiger partial charge in [0, 0.05) is 38.4 Å². The van der Waals surface area contributed by atoms with Gasteiger partial charge in [-0.15, -0.1) is 0 Å². The van der Waals surface area contributed by atoms with E-state index < -0.39 is 0 Å². The van der Waals surface area contributed by atoms with Crippen LogP contribution in [-0.4, -0.2) is 50.3 Å². The first kappa shape index (κ1) is 15.9. The maximum Gasteiger partial charge on any atom is 0.0469 e. The minimum absolute atomic E-state index is 0.572. The van der Waals surface area contributed by atoms with E-state index in [1.807, 2.05) is 0 Å². The Morgan fingerprint density at radius 2 is 1.78 bits per heavy atom. The Kier molecular flexibility index (Phi) is 7.20. The molecule has 0 saturated carbocycles.